The lowest BCUT2D eigenvalue weighted by atomic mass is 10.1. The molecule has 0 bridgehead atoms. The van der Waals surface area contributed by atoms with Gasteiger partial charge in [0, 0.05) is 28.5 Å². The molecule has 0 saturated heterocycles. The molecule has 2 aromatic carbocycles. The van der Waals surface area contributed by atoms with Crippen molar-refractivity contribution in [2.75, 3.05) is 0 Å². The van der Waals surface area contributed by atoms with Crippen LogP contribution in [0.2, 0.25) is 5.02 Å². The summed E-state index contributed by atoms with van der Waals surface area (Å²) in [6.07, 6.45) is 4.84. The Labute approximate surface area is 183 Å². The normalized spacial score (nSPS) is 10.9. The Balaban J connectivity index is 1.35. The summed E-state index contributed by atoms with van der Waals surface area (Å²) in [6.45, 7) is 0.381. The van der Waals surface area contributed by atoms with Crippen LogP contribution >= 0.6 is 11.6 Å². The van der Waals surface area contributed by atoms with Gasteiger partial charge < -0.3 is 4.74 Å². The Hall–Kier alpha value is -3.97. The topological polar surface area (TPSA) is 92.3 Å². The van der Waals surface area contributed by atoms with Crippen LogP contribution in [0.3, 0.4) is 0 Å². The van der Waals surface area contributed by atoms with Crippen molar-refractivity contribution in [2.24, 2.45) is 5.10 Å². The van der Waals surface area contributed by atoms with Crippen molar-refractivity contribution in [1.29, 1.82) is 0 Å². The fourth-order valence-electron chi connectivity index (χ4n) is 2.76. The fourth-order valence-corrected chi connectivity index (χ4v) is 2.95. The second-order valence-corrected chi connectivity index (χ2v) is 6.96. The van der Waals surface area contributed by atoms with E-state index in [9.17, 15) is 4.79 Å². The van der Waals surface area contributed by atoms with E-state index in [0.717, 1.165) is 16.7 Å². The van der Waals surface area contributed by atoms with Crippen molar-refractivity contribution in [2.45, 2.75) is 6.61 Å². The van der Waals surface area contributed by atoms with E-state index in [2.05, 4.69) is 25.7 Å². The molecule has 1 amide bonds. The van der Waals surface area contributed by atoms with Crippen molar-refractivity contribution in [3.05, 3.63) is 101 Å². The highest BCUT2D eigenvalue weighted by atomic mass is 35.5. The van der Waals surface area contributed by atoms with Crippen LogP contribution in [0.15, 0.2) is 84.2 Å². The van der Waals surface area contributed by atoms with Gasteiger partial charge in [0.15, 0.2) is 0 Å². The maximum atomic E-state index is 12.2. The van der Waals surface area contributed by atoms with Gasteiger partial charge in [0.1, 0.15) is 18.1 Å². The average molecular weight is 432 g/mol. The summed E-state index contributed by atoms with van der Waals surface area (Å²) in [4.78, 5) is 16.2. The van der Waals surface area contributed by atoms with E-state index in [1.807, 2.05) is 48.5 Å². The molecule has 2 heterocycles. The number of aromatic nitrogens is 3. The van der Waals surface area contributed by atoms with E-state index in [-0.39, 0.29) is 5.91 Å². The van der Waals surface area contributed by atoms with Crippen LogP contribution in [-0.4, -0.2) is 27.3 Å². The van der Waals surface area contributed by atoms with Crippen molar-refractivity contribution in [1.82, 2.24) is 20.6 Å². The molecule has 0 saturated carbocycles. The molecule has 0 radical (unpaired) electrons. The van der Waals surface area contributed by atoms with Crippen LogP contribution in [0.1, 0.15) is 21.6 Å². The number of nitrogens with one attached hydrogen (secondary N) is 2. The molecule has 0 atom stereocenters. The van der Waals surface area contributed by atoms with E-state index in [4.69, 9.17) is 16.3 Å². The monoisotopic (exact) mass is 431 g/mol. The Bertz CT molecular complexity index is 1190. The van der Waals surface area contributed by atoms with Gasteiger partial charge in [-0.3, -0.25) is 14.9 Å². The number of aromatic amines is 1. The van der Waals surface area contributed by atoms with Gasteiger partial charge in [-0.2, -0.15) is 10.2 Å². The molecular weight excluding hydrogens is 414 g/mol. The average Bonchev–Trinajstić information content (AvgIpc) is 3.30. The number of amides is 1. The zero-order valence-corrected chi connectivity index (χ0v) is 17.1. The van der Waals surface area contributed by atoms with Gasteiger partial charge in [-0.25, -0.2) is 5.43 Å². The molecule has 4 rings (SSSR count). The van der Waals surface area contributed by atoms with Gasteiger partial charge >= 0.3 is 0 Å². The van der Waals surface area contributed by atoms with Crippen LogP contribution in [0.25, 0.3) is 11.3 Å². The third kappa shape index (κ3) is 5.34. The number of pyridine rings is 1. The molecule has 8 heteroatoms. The van der Waals surface area contributed by atoms with Gasteiger partial charge in [0.2, 0.25) is 0 Å². The molecule has 0 aliphatic rings. The van der Waals surface area contributed by atoms with Crippen LogP contribution < -0.4 is 10.2 Å². The van der Waals surface area contributed by atoms with Crippen molar-refractivity contribution >= 4 is 23.7 Å². The first-order valence-corrected chi connectivity index (χ1v) is 9.82. The van der Waals surface area contributed by atoms with Crippen molar-refractivity contribution in [3.63, 3.8) is 0 Å². The standard InChI is InChI=1S/C23H18ClN5O2/c24-20-4-2-1-3-18(20)15-31-19-7-5-17(6-8-19)21-13-22(28-27-21)23(30)29-26-14-16-9-11-25-12-10-16/h1-14H,15H2,(H,27,28)(H,29,30)/b26-14-. The third-order valence-corrected chi connectivity index (χ3v) is 4.78. The van der Waals surface area contributed by atoms with E-state index in [1.165, 1.54) is 6.21 Å². The molecule has 0 aliphatic carbocycles. The lowest BCUT2D eigenvalue weighted by Gasteiger charge is -2.08. The Kier molecular flexibility index (Phi) is 6.35. The Morgan fingerprint density at radius 2 is 1.87 bits per heavy atom. The minimum Gasteiger partial charge on any atom is -0.489 e. The minimum absolute atomic E-state index is 0.306. The first-order chi connectivity index (χ1) is 15.2. The van der Waals surface area contributed by atoms with Crippen molar-refractivity contribution in [3.8, 4) is 17.0 Å². The number of carbonyl (C=O) groups is 1. The number of rotatable bonds is 7. The number of hydrazone groups is 1. The molecular formula is C23H18ClN5O2. The molecule has 0 aliphatic heterocycles. The molecule has 0 fully saturated rings. The number of hydrogen-bond donors (Lipinski definition) is 2. The van der Waals surface area contributed by atoms with E-state index >= 15 is 0 Å². The summed E-state index contributed by atoms with van der Waals surface area (Å²) in [7, 11) is 0. The summed E-state index contributed by atoms with van der Waals surface area (Å²) in [5.74, 6) is 0.325. The molecule has 154 valence electrons. The molecule has 0 spiro atoms. The summed E-state index contributed by atoms with van der Waals surface area (Å²) in [5.41, 5.74) is 6.01. The lowest BCUT2D eigenvalue weighted by molar-refractivity contribution is 0.0950. The van der Waals surface area contributed by atoms with Gasteiger partial charge in [-0.05, 0) is 54.1 Å². The largest absolute Gasteiger partial charge is 0.489 e. The van der Waals surface area contributed by atoms with Crippen LogP contribution in [0.5, 0.6) is 5.75 Å². The Morgan fingerprint density at radius 1 is 1.10 bits per heavy atom. The third-order valence-electron chi connectivity index (χ3n) is 4.41. The van der Waals surface area contributed by atoms with Crippen LogP contribution in [0.4, 0.5) is 0 Å². The highest BCUT2D eigenvalue weighted by Crippen LogP contribution is 2.23. The zero-order valence-electron chi connectivity index (χ0n) is 16.3. The summed E-state index contributed by atoms with van der Waals surface area (Å²) in [5, 5.41) is 11.5. The maximum Gasteiger partial charge on any atom is 0.289 e. The molecule has 4 aromatic rings. The summed E-state index contributed by atoms with van der Waals surface area (Å²) >= 11 is 6.15. The predicted octanol–water partition coefficient (Wildman–Crippen LogP) is 4.47. The van der Waals surface area contributed by atoms with Crippen molar-refractivity contribution < 1.29 is 9.53 Å². The lowest BCUT2D eigenvalue weighted by Crippen LogP contribution is -2.17. The SMILES string of the molecule is O=C(N/N=C\c1ccncc1)c1cc(-c2ccc(OCc3ccccc3Cl)cc2)n[nH]1. The summed E-state index contributed by atoms with van der Waals surface area (Å²) in [6, 6.07) is 20.2. The Morgan fingerprint density at radius 3 is 2.65 bits per heavy atom. The number of benzene rings is 2. The van der Waals surface area contributed by atoms with E-state index < -0.39 is 0 Å². The highest BCUT2D eigenvalue weighted by molar-refractivity contribution is 6.31. The number of ether oxygens (including phenoxy) is 1. The molecule has 2 aromatic heterocycles. The number of H-pyrrole nitrogens is 1. The first kappa shape index (κ1) is 20.3. The van der Waals surface area contributed by atoms with E-state index in [1.54, 1.807) is 30.6 Å². The molecule has 2 N–H and O–H groups in total. The highest BCUT2D eigenvalue weighted by Gasteiger charge is 2.10. The number of carbonyl (C=O) groups excluding carboxylic acids is 1. The second kappa shape index (κ2) is 9.69. The maximum absolute atomic E-state index is 12.2. The molecule has 0 unspecified atom stereocenters. The number of nitrogens with zero attached hydrogens (tertiary/aromatic N) is 3. The first-order valence-electron chi connectivity index (χ1n) is 9.44. The van der Waals surface area contributed by atoms with Gasteiger partial charge in [-0.1, -0.05) is 29.8 Å². The number of hydrogen-bond acceptors (Lipinski definition) is 5. The van der Waals surface area contributed by atoms with Gasteiger partial charge in [-0.15, -0.1) is 0 Å². The van der Waals surface area contributed by atoms with Gasteiger partial charge in [0.05, 0.1) is 11.9 Å². The quantitative estimate of drug-likeness (QED) is 0.333. The van der Waals surface area contributed by atoms with Crippen LogP contribution in [0, 0.1) is 0 Å². The predicted molar refractivity (Wildman–Crippen MR) is 119 cm³/mol. The van der Waals surface area contributed by atoms with Gasteiger partial charge in [0.25, 0.3) is 5.91 Å². The smallest absolute Gasteiger partial charge is 0.289 e. The molecule has 31 heavy (non-hydrogen) atoms. The van der Waals surface area contributed by atoms with E-state index in [0.29, 0.717) is 28.8 Å². The summed E-state index contributed by atoms with van der Waals surface area (Å²) < 4.78 is 5.79. The number of halogens is 1. The van der Waals surface area contributed by atoms with Crippen LogP contribution in [-0.2, 0) is 6.61 Å². The zero-order chi connectivity index (χ0) is 21.5. The fraction of sp³-hybridized carbons (Fsp3) is 0.0435. The molecule has 7 nitrogen and oxygen atoms in total. The minimum atomic E-state index is -0.385. The second-order valence-electron chi connectivity index (χ2n) is 6.55.